The van der Waals surface area contributed by atoms with Crippen LogP contribution < -0.4 is 15.0 Å². The molecule has 1 fully saturated rings. The summed E-state index contributed by atoms with van der Waals surface area (Å²) in [7, 11) is 1.94. The average molecular weight is 266 g/mol. The van der Waals surface area contributed by atoms with E-state index in [0.717, 1.165) is 25.5 Å². The number of anilines is 1. The molecule has 1 saturated heterocycles. The van der Waals surface area contributed by atoms with Gasteiger partial charge in [0, 0.05) is 13.1 Å². The Hall–Kier alpha value is -1.40. The van der Waals surface area contributed by atoms with Crippen LogP contribution in [0.3, 0.4) is 0 Å². The molecule has 1 N–H and O–H groups in total. The van der Waals surface area contributed by atoms with E-state index < -0.39 is 0 Å². The van der Waals surface area contributed by atoms with Crippen molar-refractivity contribution in [2.75, 3.05) is 38.3 Å². The number of aromatic nitrogens is 2. The van der Waals surface area contributed by atoms with Gasteiger partial charge in [0.05, 0.1) is 37.8 Å². The Labute approximate surface area is 114 Å². The molecule has 2 rings (SSSR count). The Morgan fingerprint density at radius 1 is 1.53 bits per heavy atom. The molecule has 6 nitrogen and oxygen atoms in total. The van der Waals surface area contributed by atoms with E-state index in [1.165, 1.54) is 0 Å². The van der Waals surface area contributed by atoms with Crippen molar-refractivity contribution in [1.82, 2.24) is 15.3 Å². The van der Waals surface area contributed by atoms with Gasteiger partial charge < -0.3 is 19.7 Å². The molecule has 0 aliphatic carbocycles. The third-order valence-corrected chi connectivity index (χ3v) is 2.92. The summed E-state index contributed by atoms with van der Waals surface area (Å²) in [6, 6.07) is 0.280. The molecule has 0 saturated carbocycles. The first-order chi connectivity index (χ1) is 9.20. The van der Waals surface area contributed by atoms with Gasteiger partial charge >= 0.3 is 0 Å². The average Bonchev–Trinajstić information content (AvgIpc) is 2.39. The molecule has 1 aromatic heterocycles. The van der Waals surface area contributed by atoms with Crippen molar-refractivity contribution in [1.29, 1.82) is 0 Å². The molecule has 1 unspecified atom stereocenters. The molecule has 1 aromatic rings. The van der Waals surface area contributed by atoms with E-state index in [-0.39, 0.29) is 12.1 Å². The van der Waals surface area contributed by atoms with Crippen LogP contribution >= 0.6 is 0 Å². The van der Waals surface area contributed by atoms with Crippen LogP contribution in [-0.4, -0.2) is 55.5 Å². The minimum Gasteiger partial charge on any atom is -0.474 e. The lowest BCUT2D eigenvalue weighted by Gasteiger charge is -2.36. The maximum absolute atomic E-state index is 5.59. The Kier molecular flexibility index (Phi) is 4.93. The molecule has 106 valence electrons. The van der Waals surface area contributed by atoms with Crippen LogP contribution in [0.4, 0.5) is 5.82 Å². The summed E-state index contributed by atoms with van der Waals surface area (Å²) in [6.45, 7) is 7.07. The van der Waals surface area contributed by atoms with Crippen LogP contribution in [0.25, 0.3) is 0 Å². The van der Waals surface area contributed by atoms with Gasteiger partial charge in [-0.3, -0.25) is 4.98 Å². The lowest BCUT2D eigenvalue weighted by molar-refractivity contribution is 0.0937. The smallest absolute Gasteiger partial charge is 0.234 e. The largest absolute Gasteiger partial charge is 0.474 e. The van der Waals surface area contributed by atoms with Crippen molar-refractivity contribution >= 4 is 5.82 Å². The first kappa shape index (κ1) is 14.0. The number of ether oxygens (including phenoxy) is 2. The summed E-state index contributed by atoms with van der Waals surface area (Å²) in [6.07, 6.45) is 3.53. The highest BCUT2D eigenvalue weighted by Crippen LogP contribution is 2.19. The van der Waals surface area contributed by atoms with E-state index in [1.807, 2.05) is 20.9 Å². The minimum absolute atomic E-state index is 0.0994. The van der Waals surface area contributed by atoms with Gasteiger partial charge in [-0.15, -0.1) is 0 Å². The van der Waals surface area contributed by atoms with E-state index in [0.29, 0.717) is 12.5 Å². The summed E-state index contributed by atoms with van der Waals surface area (Å²) in [5.41, 5.74) is 0. The molecular weight excluding hydrogens is 244 g/mol. The minimum atomic E-state index is 0.0994. The Balaban J connectivity index is 2.14. The molecule has 1 aliphatic heterocycles. The molecule has 19 heavy (non-hydrogen) atoms. The van der Waals surface area contributed by atoms with Gasteiger partial charge in [0.2, 0.25) is 5.88 Å². The molecule has 1 aliphatic rings. The standard InChI is InChI=1S/C13H22N4O2/c1-10(2)19-13-8-15-7-12(16-13)17-4-5-18-9-11(17)6-14-3/h7-8,10-11,14H,4-6,9H2,1-3H3. The highest BCUT2D eigenvalue weighted by Gasteiger charge is 2.24. The van der Waals surface area contributed by atoms with Crippen LogP contribution in [-0.2, 0) is 4.74 Å². The topological polar surface area (TPSA) is 59.5 Å². The Morgan fingerprint density at radius 2 is 2.37 bits per heavy atom. The zero-order valence-corrected chi connectivity index (χ0v) is 11.8. The molecule has 0 amide bonds. The quantitative estimate of drug-likeness (QED) is 0.846. The summed E-state index contributed by atoms with van der Waals surface area (Å²) in [4.78, 5) is 11.0. The fourth-order valence-electron chi connectivity index (χ4n) is 2.14. The maximum Gasteiger partial charge on any atom is 0.234 e. The Morgan fingerprint density at radius 3 is 3.11 bits per heavy atom. The van der Waals surface area contributed by atoms with Crippen LogP contribution in [0.15, 0.2) is 12.4 Å². The van der Waals surface area contributed by atoms with Crippen LogP contribution in [0.5, 0.6) is 5.88 Å². The zero-order chi connectivity index (χ0) is 13.7. The first-order valence-electron chi connectivity index (χ1n) is 6.68. The summed E-state index contributed by atoms with van der Waals surface area (Å²) in [5.74, 6) is 1.42. The van der Waals surface area contributed by atoms with Crippen LogP contribution in [0.1, 0.15) is 13.8 Å². The predicted octanol–water partition coefficient (Wildman–Crippen LogP) is 0.688. The molecule has 2 heterocycles. The SMILES string of the molecule is CNCC1COCCN1c1cncc(OC(C)C)n1. The predicted molar refractivity (Wildman–Crippen MR) is 73.7 cm³/mol. The highest BCUT2D eigenvalue weighted by atomic mass is 16.5. The van der Waals surface area contributed by atoms with Crippen molar-refractivity contribution in [2.24, 2.45) is 0 Å². The van der Waals surface area contributed by atoms with E-state index in [1.54, 1.807) is 12.4 Å². The van der Waals surface area contributed by atoms with Crippen LogP contribution in [0.2, 0.25) is 0 Å². The Bertz CT molecular complexity index is 398. The molecule has 0 bridgehead atoms. The molecular formula is C13H22N4O2. The lowest BCUT2D eigenvalue weighted by Crippen LogP contribution is -2.50. The van der Waals surface area contributed by atoms with E-state index in [9.17, 15) is 0 Å². The number of likely N-dealkylation sites (N-methyl/N-ethyl adjacent to an activating group) is 1. The lowest BCUT2D eigenvalue weighted by atomic mass is 10.2. The second kappa shape index (κ2) is 6.68. The monoisotopic (exact) mass is 266 g/mol. The van der Waals surface area contributed by atoms with Gasteiger partial charge in [-0.1, -0.05) is 0 Å². The van der Waals surface area contributed by atoms with E-state index >= 15 is 0 Å². The van der Waals surface area contributed by atoms with Gasteiger partial charge in [-0.05, 0) is 20.9 Å². The number of hydrogen-bond donors (Lipinski definition) is 1. The van der Waals surface area contributed by atoms with Crippen molar-refractivity contribution in [3.05, 3.63) is 12.4 Å². The number of nitrogens with one attached hydrogen (secondary N) is 1. The third kappa shape index (κ3) is 3.78. The van der Waals surface area contributed by atoms with E-state index in [2.05, 4.69) is 20.2 Å². The summed E-state index contributed by atoms with van der Waals surface area (Å²) >= 11 is 0. The summed E-state index contributed by atoms with van der Waals surface area (Å²) in [5, 5.41) is 3.18. The summed E-state index contributed by atoms with van der Waals surface area (Å²) < 4.78 is 11.1. The highest BCUT2D eigenvalue weighted by molar-refractivity contribution is 5.39. The van der Waals surface area contributed by atoms with Gasteiger partial charge in [-0.25, -0.2) is 0 Å². The van der Waals surface area contributed by atoms with E-state index in [4.69, 9.17) is 9.47 Å². The molecule has 0 aromatic carbocycles. The zero-order valence-electron chi connectivity index (χ0n) is 11.8. The van der Waals surface area contributed by atoms with Crippen molar-refractivity contribution in [3.63, 3.8) is 0 Å². The molecule has 0 radical (unpaired) electrons. The molecule has 6 heteroatoms. The van der Waals surface area contributed by atoms with Crippen molar-refractivity contribution in [2.45, 2.75) is 26.0 Å². The van der Waals surface area contributed by atoms with Gasteiger partial charge in [0.15, 0.2) is 5.82 Å². The third-order valence-electron chi connectivity index (χ3n) is 2.92. The fraction of sp³-hybridized carbons (Fsp3) is 0.692. The van der Waals surface area contributed by atoms with Gasteiger partial charge in [-0.2, -0.15) is 4.98 Å². The number of rotatable bonds is 5. The van der Waals surface area contributed by atoms with Gasteiger partial charge in [0.1, 0.15) is 0 Å². The number of morpholine rings is 1. The van der Waals surface area contributed by atoms with Crippen molar-refractivity contribution in [3.8, 4) is 5.88 Å². The maximum atomic E-state index is 5.59. The van der Waals surface area contributed by atoms with Gasteiger partial charge in [0.25, 0.3) is 0 Å². The number of nitrogens with zero attached hydrogens (tertiary/aromatic N) is 3. The molecule has 0 spiro atoms. The molecule has 1 atom stereocenters. The van der Waals surface area contributed by atoms with Crippen molar-refractivity contribution < 1.29 is 9.47 Å². The first-order valence-corrected chi connectivity index (χ1v) is 6.68. The second-order valence-corrected chi connectivity index (χ2v) is 4.86. The fourth-order valence-corrected chi connectivity index (χ4v) is 2.14. The second-order valence-electron chi connectivity index (χ2n) is 4.86. The normalized spacial score (nSPS) is 19.8. The van der Waals surface area contributed by atoms with Crippen LogP contribution in [0, 0.1) is 0 Å². The number of hydrogen-bond acceptors (Lipinski definition) is 6.